The van der Waals surface area contributed by atoms with Crippen LogP contribution in [-0.2, 0) is 17.8 Å². The summed E-state index contributed by atoms with van der Waals surface area (Å²) in [7, 11) is 0. The number of aromatic nitrogens is 2. The molecule has 2 aromatic carbocycles. The van der Waals surface area contributed by atoms with Crippen molar-refractivity contribution in [3.8, 4) is 11.5 Å². The summed E-state index contributed by atoms with van der Waals surface area (Å²) >= 11 is 0. The van der Waals surface area contributed by atoms with Crippen LogP contribution in [0.2, 0.25) is 0 Å². The van der Waals surface area contributed by atoms with Gasteiger partial charge in [0, 0.05) is 12.1 Å². The Kier molecular flexibility index (Phi) is 4.47. The molecule has 23 heavy (non-hydrogen) atoms. The molecule has 1 N–H and O–H groups in total. The van der Waals surface area contributed by atoms with Gasteiger partial charge < -0.3 is 9.73 Å². The summed E-state index contributed by atoms with van der Waals surface area (Å²) in [5.74, 6) is 0.593. The second-order valence-electron chi connectivity index (χ2n) is 5.31. The number of hydrogen-bond acceptors (Lipinski definition) is 4. The molecule has 1 heterocycles. The Labute approximate surface area is 134 Å². The molecule has 0 saturated heterocycles. The minimum Gasteiger partial charge on any atom is -0.420 e. The van der Waals surface area contributed by atoms with Crippen molar-refractivity contribution in [2.24, 2.45) is 0 Å². The highest BCUT2D eigenvalue weighted by atomic mass is 16.4. The van der Waals surface area contributed by atoms with Crippen molar-refractivity contribution in [3.63, 3.8) is 0 Å². The van der Waals surface area contributed by atoms with Gasteiger partial charge in [0.15, 0.2) is 0 Å². The van der Waals surface area contributed by atoms with Gasteiger partial charge in [-0.25, -0.2) is 0 Å². The zero-order chi connectivity index (χ0) is 16.1. The standard InChI is InChI=1S/C18H17N3O2/c1-13-7-9-15(10-8-13)18-21-20-17(23-18)11-16(22)19-12-14-5-3-2-4-6-14/h2-10H,11-12H2,1H3,(H,19,22). The quantitative estimate of drug-likeness (QED) is 0.787. The third-order valence-corrected chi connectivity index (χ3v) is 3.41. The molecule has 0 bridgehead atoms. The van der Waals surface area contributed by atoms with Gasteiger partial charge in [0.2, 0.25) is 17.7 Å². The fraction of sp³-hybridized carbons (Fsp3) is 0.167. The molecule has 5 nitrogen and oxygen atoms in total. The van der Waals surface area contributed by atoms with E-state index in [-0.39, 0.29) is 12.3 Å². The first-order chi connectivity index (χ1) is 11.2. The highest BCUT2D eigenvalue weighted by molar-refractivity contribution is 5.77. The second kappa shape index (κ2) is 6.87. The highest BCUT2D eigenvalue weighted by Gasteiger charge is 2.12. The van der Waals surface area contributed by atoms with E-state index in [0.29, 0.717) is 18.3 Å². The Balaban J connectivity index is 1.58. The number of hydrogen-bond donors (Lipinski definition) is 1. The summed E-state index contributed by atoms with van der Waals surface area (Å²) < 4.78 is 5.55. The number of carbonyl (C=O) groups is 1. The van der Waals surface area contributed by atoms with Crippen molar-refractivity contribution >= 4 is 5.91 Å². The first kappa shape index (κ1) is 15.0. The van der Waals surface area contributed by atoms with Crippen LogP contribution in [0, 0.1) is 6.92 Å². The highest BCUT2D eigenvalue weighted by Crippen LogP contribution is 2.18. The molecule has 0 aliphatic heterocycles. The molecule has 0 aliphatic rings. The molecule has 0 saturated carbocycles. The molecule has 0 radical (unpaired) electrons. The Hall–Kier alpha value is -2.95. The van der Waals surface area contributed by atoms with Crippen molar-refractivity contribution in [1.29, 1.82) is 0 Å². The van der Waals surface area contributed by atoms with Gasteiger partial charge in [-0.1, -0.05) is 48.0 Å². The van der Waals surface area contributed by atoms with Gasteiger partial charge in [0.1, 0.15) is 6.42 Å². The molecular weight excluding hydrogens is 290 g/mol. The summed E-state index contributed by atoms with van der Waals surface area (Å²) in [6.07, 6.45) is 0.0751. The van der Waals surface area contributed by atoms with Crippen LogP contribution < -0.4 is 5.32 Å². The molecule has 1 amide bonds. The summed E-state index contributed by atoms with van der Waals surface area (Å²) in [5.41, 5.74) is 3.06. The monoisotopic (exact) mass is 307 g/mol. The maximum Gasteiger partial charge on any atom is 0.247 e. The second-order valence-corrected chi connectivity index (χ2v) is 5.31. The van der Waals surface area contributed by atoms with Crippen LogP contribution in [0.3, 0.4) is 0 Å². The molecule has 116 valence electrons. The fourth-order valence-corrected chi connectivity index (χ4v) is 2.13. The van der Waals surface area contributed by atoms with Crippen molar-refractivity contribution in [2.45, 2.75) is 19.9 Å². The van der Waals surface area contributed by atoms with Crippen LogP contribution in [0.1, 0.15) is 17.0 Å². The van der Waals surface area contributed by atoms with Crippen LogP contribution in [0.5, 0.6) is 0 Å². The molecule has 0 aliphatic carbocycles. The fourth-order valence-electron chi connectivity index (χ4n) is 2.13. The normalized spacial score (nSPS) is 10.5. The van der Waals surface area contributed by atoms with Crippen LogP contribution in [0.4, 0.5) is 0 Å². The first-order valence-corrected chi connectivity index (χ1v) is 7.41. The number of nitrogens with zero attached hydrogens (tertiary/aromatic N) is 2. The van der Waals surface area contributed by atoms with E-state index in [4.69, 9.17) is 4.42 Å². The lowest BCUT2D eigenvalue weighted by molar-refractivity contribution is -0.120. The van der Waals surface area contributed by atoms with Crippen molar-refractivity contribution in [1.82, 2.24) is 15.5 Å². The molecule has 1 aromatic heterocycles. The van der Waals surface area contributed by atoms with Crippen LogP contribution in [0.25, 0.3) is 11.5 Å². The van der Waals surface area contributed by atoms with E-state index in [1.54, 1.807) is 0 Å². The molecule has 0 unspecified atom stereocenters. The Morgan fingerprint density at radius 3 is 2.52 bits per heavy atom. The molecule has 3 rings (SSSR count). The van der Waals surface area contributed by atoms with Gasteiger partial charge in [0.25, 0.3) is 0 Å². The average molecular weight is 307 g/mol. The number of benzene rings is 2. The largest absolute Gasteiger partial charge is 0.420 e. The summed E-state index contributed by atoms with van der Waals surface area (Å²) in [5, 5.41) is 10.8. The van der Waals surface area contributed by atoms with E-state index in [1.807, 2.05) is 61.5 Å². The summed E-state index contributed by atoms with van der Waals surface area (Å²) in [6.45, 7) is 2.50. The van der Waals surface area contributed by atoms with Crippen LogP contribution in [-0.4, -0.2) is 16.1 Å². The predicted octanol–water partition coefficient (Wildman–Crippen LogP) is 2.90. The number of aryl methyl sites for hydroxylation is 1. The van der Waals surface area contributed by atoms with Gasteiger partial charge in [-0.2, -0.15) is 0 Å². The lowest BCUT2D eigenvalue weighted by atomic mass is 10.1. The third kappa shape index (κ3) is 4.03. The van der Waals surface area contributed by atoms with Gasteiger partial charge >= 0.3 is 0 Å². The molecular formula is C18H17N3O2. The number of carbonyl (C=O) groups excluding carboxylic acids is 1. The van der Waals surface area contributed by atoms with Crippen LogP contribution >= 0.6 is 0 Å². The number of rotatable bonds is 5. The van der Waals surface area contributed by atoms with Crippen molar-refractivity contribution in [3.05, 3.63) is 71.6 Å². The summed E-state index contributed by atoms with van der Waals surface area (Å²) in [6, 6.07) is 17.5. The lowest BCUT2D eigenvalue weighted by Gasteiger charge is -2.03. The molecule has 0 atom stereocenters. The van der Waals surface area contributed by atoms with Gasteiger partial charge in [-0.15, -0.1) is 10.2 Å². The lowest BCUT2D eigenvalue weighted by Crippen LogP contribution is -2.24. The third-order valence-electron chi connectivity index (χ3n) is 3.41. The molecule has 5 heteroatoms. The van der Waals surface area contributed by atoms with E-state index >= 15 is 0 Å². The zero-order valence-electron chi connectivity index (χ0n) is 12.8. The molecule has 3 aromatic rings. The minimum atomic E-state index is -0.145. The van der Waals surface area contributed by atoms with Gasteiger partial charge in [0.05, 0.1) is 0 Å². The van der Waals surface area contributed by atoms with Gasteiger partial charge in [-0.05, 0) is 24.6 Å². The maximum atomic E-state index is 11.9. The summed E-state index contributed by atoms with van der Waals surface area (Å²) in [4.78, 5) is 11.9. The van der Waals surface area contributed by atoms with Crippen molar-refractivity contribution < 1.29 is 9.21 Å². The van der Waals surface area contributed by atoms with Gasteiger partial charge in [-0.3, -0.25) is 4.79 Å². The molecule has 0 spiro atoms. The topological polar surface area (TPSA) is 68.0 Å². The van der Waals surface area contributed by atoms with E-state index < -0.39 is 0 Å². The smallest absolute Gasteiger partial charge is 0.247 e. The number of nitrogens with one attached hydrogen (secondary N) is 1. The Morgan fingerprint density at radius 2 is 1.78 bits per heavy atom. The Bertz CT molecular complexity index is 780. The average Bonchev–Trinajstić information content (AvgIpc) is 3.03. The van der Waals surface area contributed by atoms with E-state index in [9.17, 15) is 4.79 Å². The predicted molar refractivity (Wildman–Crippen MR) is 86.5 cm³/mol. The number of amides is 1. The maximum absolute atomic E-state index is 11.9. The Morgan fingerprint density at radius 1 is 1.04 bits per heavy atom. The van der Waals surface area contributed by atoms with Crippen LogP contribution in [0.15, 0.2) is 59.0 Å². The minimum absolute atomic E-state index is 0.0751. The van der Waals surface area contributed by atoms with Crippen molar-refractivity contribution in [2.75, 3.05) is 0 Å². The van der Waals surface area contributed by atoms with E-state index in [1.165, 1.54) is 0 Å². The van der Waals surface area contributed by atoms with E-state index in [0.717, 1.165) is 16.7 Å². The zero-order valence-corrected chi connectivity index (χ0v) is 12.8. The SMILES string of the molecule is Cc1ccc(-c2nnc(CC(=O)NCc3ccccc3)o2)cc1. The molecule has 0 fully saturated rings. The van der Waals surface area contributed by atoms with E-state index in [2.05, 4.69) is 15.5 Å². The first-order valence-electron chi connectivity index (χ1n) is 7.41.